The fourth-order valence-corrected chi connectivity index (χ4v) is 4.88. The van der Waals surface area contributed by atoms with Crippen LogP contribution in [0.2, 0.25) is 0 Å². The van der Waals surface area contributed by atoms with Crippen LogP contribution in [0.25, 0.3) is 0 Å². The molecule has 0 saturated carbocycles. The highest BCUT2D eigenvalue weighted by Crippen LogP contribution is 2.29. The second-order valence-corrected chi connectivity index (χ2v) is 10.2. The van der Waals surface area contributed by atoms with E-state index in [1.54, 1.807) is 5.57 Å². The summed E-state index contributed by atoms with van der Waals surface area (Å²) in [4.78, 5) is 2.47. The highest BCUT2D eigenvalue weighted by atomic mass is 15.1. The molecule has 1 rings (SSSR count). The SMILES string of the molecule is CCCCC(C)C(C)CCC(CC)CC(C)CCCCC1=CCCN(C)CC1. The number of unbranched alkanes of at least 4 members (excludes halogenated alkanes) is 2. The van der Waals surface area contributed by atoms with Crippen LogP contribution in [0.3, 0.4) is 0 Å². The van der Waals surface area contributed by atoms with Gasteiger partial charge in [0.2, 0.25) is 0 Å². The average molecular weight is 392 g/mol. The molecule has 0 saturated heterocycles. The van der Waals surface area contributed by atoms with Crippen LogP contribution in [0, 0.1) is 23.7 Å². The average Bonchev–Trinajstić information content (AvgIpc) is 2.90. The summed E-state index contributed by atoms with van der Waals surface area (Å²) in [6.07, 6.45) is 20.6. The molecule has 28 heavy (non-hydrogen) atoms. The smallest absolute Gasteiger partial charge is 0.00156 e. The molecule has 1 heteroatoms. The number of hydrogen-bond acceptors (Lipinski definition) is 1. The molecular weight excluding hydrogens is 338 g/mol. The fraction of sp³-hybridized carbons (Fsp3) is 0.926. The molecule has 0 fully saturated rings. The summed E-state index contributed by atoms with van der Waals surface area (Å²) in [5.74, 6) is 3.68. The van der Waals surface area contributed by atoms with Gasteiger partial charge in [-0.3, -0.25) is 0 Å². The quantitative estimate of drug-likeness (QED) is 0.200. The number of hydrogen-bond donors (Lipinski definition) is 0. The Morgan fingerprint density at radius 3 is 2.36 bits per heavy atom. The van der Waals surface area contributed by atoms with Crippen LogP contribution in [0.4, 0.5) is 0 Å². The van der Waals surface area contributed by atoms with E-state index in [9.17, 15) is 0 Å². The molecule has 0 spiro atoms. The Hall–Kier alpha value is -0.300. The van der Waals surface area contributed by atoms with Crippen LogP contribution in [0.1, 0.15) is 118 Å². The van der Waals surface area contributed by atoms with E-state index in [0.29, 0.717) is 0 Å². The maximum absolute atomic E-state index is 2.53. The van der Waals surface area contributed by atoms with Crippen molar-refractivity contribution < 1.29 is 0 Å². The normalized spacial score (nSPS) is 20.3. The first-order chi connectivity index (χ1) is 13.5. The summed E-state index contributed by atoms with van der Waals surface area (Å²) in [5.41, 5.74) is 1.73. The van der Waals surface area contributed by atoms with Gasteiger partial charge < -0.3 is 4.90 Å². The molecule has 1 nitrogen and oxygen atoms in total. The molecule has 0 aromatic heterocycles. The van der Waals surface area contributed by atoms with Gasteiger partial charge in [-0.2, -0.15) is 0 Å². The molecule has 0 aliphatic carbocycles. The molecule has 4 unspecified atom stereocenters. The molecule has 0 N–H and O–H groups in total. The zero-order valence-electron chi connectivity index (χ0n) is 20.4. The van der Waals surface area contributed by atoms with Gasteiger partial charge in [0.05, 0.1) is 0 Å². The Morgan fingerprint density at radius 1 is 0.893 bits per heavy atom. The van der Waals surface area contributed by atoms with Gasteiger partial charge in [-0.25, -0.2) is 0 Å². The van der Waals surface area contributed by atoms with Crippen molar-refractivity contribution in [3.8, 4) is 0 Å². The Morgan fingerprint density at radius 2 is 1.64 bits per heavy atom. The van der Waals surface area contributed by atoms with Crippen LogP contribution in [0.5, 0.6) is 0 Å². The van der Waals surface area contributed by atoms with Crippen molar-refractivity contribution in [1.29, 1.82) is 0 Å². The standard InChI is InChI=1S/C27H53N/c1-7-9-14-24(4)25(5)17-18-26(8-2)22-23(3)13-10-11-15-27-16-12-20-28(6)21-19-27/h16,23-26H,7-15,17-22H2,1-6H3. The van der Waals surface area contributed by atoms with Gasteiger partial charge in [0.1, 0.15) is 0 Å². The summed E-state index contributed by atoms with van der Waals surface area (Å²) >= 11 is 0. The zero-order chi connectivity index (χ0) is 20.8. The lowest BCUT2D eigenvalue weighted by Crippen LogP contribution is -2.18. The van der Waals surface area contributed by atoms with E-state index < -0.39 is 0 Å². The fourth-order valence-electron chi connectivity index (χ4n) is 4.88. The van der Waals surface area contributed by atoms with Crippen molar-refractivity contribution in [3.63, 3.8) is 0 Å². The maximum Gasteiger partial charge on any atom is 0.00156 e. The molecule has 1 aliphatic heterocycles. The summed E-state index contributed by atoms with van der Waals surface area (Å²) < 4.78 is 0. The molecule has 4 atom stereocenters. The van der Waals surface area contributed by atoms with Gasteiger partial charge in [0.15, 0.2) is 0 Å². The Kier molecular flexibility index (Phi) is 14.3. The van der Waals surface area contributed by atoms with E-state index in [0.717, 1.165) is 23.7 Å². The summed E-state index contributed by atoms with van der Waals surface area (Å²) in [6.45, 7) is 14.7. The molecular formula is C27H53N. The van der Waals surface area contributed by atoms with E-state index in [4.69, 9.17) is 0 Å². The lowest BCUT2D eigenvalue weighted by atomic mass is 9.82. The summed E-state index contributed by atoms with van der Waals surface area (Å²) in [5, 5.41) is 0. The van der Waals surface area contributed by atoms with Crippen molar-refractivity contribution in [2.75, 3.05) is 20.1 Å². The van der Waals surface area contributed by atoms with Crippen LogP contribution < -0.4 is 0 Å². The monoisotopic (exact) mass is 391 g/mol. The van der Waals surface area contributed by atoms with Gasteiger partial charge in [0, 0.05) is 13.1 Å². The van der Waals surface area contributed by atoms with Gasteiger partial charge in [0.25, 0.3) is 0 Å². The van der Waals surface area contributed by atoms with E-state index >= 15 is 0 Å². The third-order valence-electron chi connectivity index (χ3n) is 7.53. The third kappa shape index (κ3) is 11.6. The summed E-state index contributed by atoms with van der Waals surface area (Å²) in [6, 6.07) is 0. The summed E-state index contributed by atoms with van der Waals surface area (Å²) in [7, 11) is 2.26. The highest BCUT2D eigenvalue weighted by Gasteiger charge is 2.16. The zero-order valence-corrected chi connectivity index (χ0v) is 20.4. The maximum atomic E-state index is 2.53. The van der Waals surface area contributed by atoms with Gasteiger partial charge in [-0.1, -0.05) is 97.6 Å². The molecule has 1 heterocycles. The topological polar surface area (TPSA) is 3.24 Å². The molecule has 0 aromatic rings. The predicted octanol–water partition coefficient (Wildman–Crippen LogP) is 8.49. The molecule has 1 aliphatic rings. The van der Waals surface area contributed by atoms with Crippen LogP contribution in [-0.2, 0) is 0 Å². The van der Waals surface area contributed by atoms with E-state index in [1.807, 2.05) is 0 Å². The Bertz CT molecular complexity index is 399. The van der Waals surface area contributed by atoms with E-state index in [-0.39, 0.29) is 0 Å². The Balaban J connectivity index is 2.17. The van der Waals surface area contributed by atoms with Crippen molar-refractivity contribution in [1.82, 2.24) is 4.90 Å². The second-order valence-electron chi connectivity index (χ2n) is 10.2. The molecule has 0 amide bonds. The first kappa shape index (κ1) is 25.7. The largest absolute Gasteiger partial charge is 0.306 e. The minimum atomic E-state index is 0.905. The van der Waals surface area contributed by atoms with Gasteiger partial charge >= 0.3 is 0 Å². The van der Waals surface area contributed by atoms with Gasteiger partial charge in [-0.15, -0.1) is 0 Å². The van der Waals surface area contributed by atoms with Crippen molar-refractivity contribution in [2.45, 2.75) is 118 Å². The molecule has 0 bridgehead atoms. The molecule has 166 valence electrons. The molecule has 0 aromatic carbocycles. The van der Waals surface area contributed by atoms with Gasteiger partial charge in [-0.05, 0) is 62.8 Å². The van der Waals surface area contributed by atoms with Crippen LogP contribution in [0.15, 0.2) is 11.6 Å². The number of nitrogens with zero attached hydrogens (tertiary/aromatic N) is 1. The number of rotatable bonds is 15. The van der Waals surface area contributed by atoms with Crippen molar-refractivity contribution in [2.24, 2.45) is 23.7 Å². The first-order valence-electron chi connectivity index (χ1n) is 12.8. The van der Waals surface area contributed by atoms with Crippen molar-refractivity contribution >= 4 is 0 Å². The second kappa shape index (κ2) is 15.5. The van der Waals surface area contributed by atoms with E-state index in [2.05, 4.69) is 52.6 Å². The Labute approximate surface area is 178 Å². The highest BCUT2D eigenvalue weighted by molar-refractivity contribution is 5.04. The van der Waals surface area contributed by atoms with Crippen LogP contribution >= 0.6 is 0 Å². The lowest BCUT2D eigenvalue weighted by Gasteiger charge is -2.24. The first-order valence-corrected chi connectivity index (χ1v) is 12.8. The third-order valence-corrected chi connectivity index (χ3v) is 7.53. The predicted molar refractivity (Wildman–Crippen MR) is 128 cm³/mol. The van der Waals surface area contributed by atoms with E-state index in [1.165, 1.54) is 96.6 Å². The molecule has 0 radical (unpaired) electrons. The van der Waals surface area contributed by atoms with Crippen LogP contribution in [-0.4, -0.2) is 25.0 Å². The lowest BCUT2D eigenvalue weighted by molar-refractivity contribution is 0.276. The minimum absolute atomic E-state index is 0.905. The minimum Gasteiger partial charge on any atom is -0.306 e. The van der Waals surface area contributed by atoms with Crippen molar-refractivity contribution in [3.05, 3.63) is 11.6 Å².